The summed E-state index contributed by atoms with van der Waals surface area (Å²) in [7, 11) is 1.60. The van der Waals surface area contributed by atoms with Gasteiger partial charge >= 0.3 is 0 Å². The molecule has 1 aliphatic rings. The van der Waals surface area contributed by atoms with E-state index >= 15 is 0 Å². The summed E-state index contributed by atoms with van der Waals surface area (Å²) in [5, 5.41) is 8.05. The van der Waals surface area contributed by atoms with Crippen molar-refractivity contribution in [1.29, 1.82) is 0 Å². The van der Waals surface area contributed by atoms with Crippen LogP contribution in [0.5, 0.6) is 0 Å². The van der Waals surface area contributed by atoms with E-state index in [1.807, 2.05) is 0 Å². The molecule has 1 amide bonds. The molecule has 23 heavy (non-hydrogen) atoms. The number of rotatable bonds is 6. The molecule has 1 saturated heterocycles. The van der Waals surface area contributed by atoms with E-state index < -0.39 is 0 Å². The van der Waals surface area contributed by atoms with Crippen LogP contribution < -0.4 is 0 Å². The zero-order valence-corrected chi connectivity index (χ0v) is 13.5. The lowest BCUT2D eigenvalue weighted by atomic mass is 10.2. The molecule has 1 aromatic heterocycles. The first-order valence-corrected chi connectivity index (χ1v) is 8.27. The van der Waals surface area contributed by atoms with Gasteiger partial charge in [-0.1, -0.05) is 23.4 Å². The van der Waals surface area contributed by atoms with Gasteiger partial charge in [-0.2, -0.15) is 0 Å². The lowest BCUT2D eigenvalue weighted by Crippen LogP contribution is -2.31. The predicted octanol–water partition coefficient (Wildman–Crippen LogP) is 1.69. The zero-order chi connectivity index (χ0) is 16.2. The molecule has 6 nitrogen and oxygen atoms in total. The highest BCUT2D eigenvalue weighted by molar-refractivity contribution is 8.00. The summed E-state index contributed by atoms with van der Waals surface area (Å²) in [5.41, 5.74) is 1.25. The number of benzene rings is 1. The molecule has 0 saturated carbocycles. The van der Waals surface area contributed by atoms with E-state index in [0.29, 0.717) is 36.7 Å². The Morgan fingerprint density at radius 3 is 3.04 bits per heavy atom. The first kappa shape index (κ1) is 15.9. The van der Waals surface area contributed by atoms with E-state index in [-0.39, 0.29) is 17.1 Å². The van der Waals surface area contributed by atoms with Gasteiger partial charge in [-0.15, -0.1) is 16.9 Å². The van der Waals surface area contributed by atoms with Crippen LogP contribution in [0, 0.1) is 5.82 Å². The number of carbonyl (C=O) groups is 1. The smallest absolute Gasteiger partial charge is 0.233 e. The summed E-state index contributed by atoms with van der Waals surface area (Å²) in [6.07, 6.45) is 1.77. The number of carbonyl (C=O) groups excluding carboxylic acids is 1. The molecule has 8 heteroatoms. The third-order valence-electron chi connectivity index (χ3n) is 3.60. The monoisotopic (exact) mass is 336 g/mol. The maximum absolute atomic E-state index is 13.7. The van der Waals surface area contributed by atoms with Crippen LogP contribution in [0.4, 0.5) is 4.39 Å². The van der Waals surface area contributed by atoms with Crippen LogP contribution in [0.2, 0.25) is 0 Å². The lowest BCUT2D eigenvalue weighted by molar-refractivity contribution is -0.128. The number of nitrogens with zero attached hydrogens (tertiary/aromatic N) is 4. The van der Waals surface area contributed by atoms with Crippen molar-refractivity contribution >= 4 is 17.7 Å². The largest absolute Gasteiger partial charge is 0.383 e. The molecule has 0 bridgehead atoms. The molecular formula is C15H17FN4O2S. The number of thioether (sulfide) groups is 1. The first-order chi connectivity index (χ1) is 11.2. The highest BCUT2D eigenvalue weighted by atomic mass is 32.2. The number of aromatic nitrogens is 3. The number of halogens is 1. The molecule has 122 valence electrons. The molecule has 1 atom stereocenters. The summed E-state index contributed by atoms with van der Waals surface area (Å²) >= 11 is 1.52. The maximum Gasteiger partial charge on any atom is 0.233 e. The van der Waals surface area contributed by atoms with Crippen LogP contribution >= 0.6 is 11.8 Å². The second kappa shape index (κ2) is 7.10. The van der Waals surface area contributed by atoms with Crippen molar-refractivity contribution < 1.29 is 13.9 Å². The molecule has 0 unspecified atom stereocenters. The summed E-state index contributed by atoms with van der Waals surface area (Å²) in [6.45, 7) is 1.31. The van der Waals surface area contributed by atoms with E-state index in [1.165, 1.54) is 17.8 Å². The first-order valence-electron chi connectivity index (χ1n) is 7.22. The van der Waals surface area contributed by atoms with Gasteiger partial charge in [-0.25, -0.2) is 9.07 Å². The Morgan fingerprint density at radius 2 is 2.26 bits per heavy atom. The molecule has 3 rings (SSSR count). The SMILES string of the molecule is COCCN1C(=O)CS[C@@H]1c1cn(Cc2ccccc2F)nn1. The molecule has 1 fully saturated rings. The van der Waals surface area contributed by atoms with Gasteiger partial charge in [-0.05, 0) is 6.07 Å². The molecule has 2 aromatic rings. The molecule has 1 aliphatic heterocycles. The summed E-state index contributed by atoms with van der Waals surface area (Å²) in [4.78, 5) is 13.7. The topological polar surface area (TPSA) is 60.2 Å². The highest BCUT2D eigenvalue weighted by Crippen LogP contribution is 2.37. The van der Waals surface area contributed by atoms with Crippen molar-refractivity contribution in [3.8, 4) is 0 Å². The fourth-order valence-corrected chi connectivity index (χ4v) is 3.58. The van der Waals surface area contributed by atoms with Gasteiger partial charge in [0.2, 0.25) is 5.91 Å². The molecule has 0 radical (unpaired) electrons. The van der Waals surface area contributed by atoms with Gasteiger partial charge in [-0.3, -0.25) is 4.79 Å². The van der Waals surface area contributed by atoms with E-state index in [9.17, 15) is 9.18 Å². The summed E-state index contributed by atoms with van der Waals surface area (Å²) in [5.74, 6) is 0.228. The highest BCUT2D eigenvalue weighted by Gasteiger charge is 2.34. The normalized spacial score (nSPS) is 17.9. The quantitative estimate of drug-likeness (QED) is 0.803. The molecule has 2 heterocycles. The Bertz CT molecular complexity index is 694. The molecule has 1 aromatic carbocycles. The fraction of sp³-hybridized carbons (Fsp3) is 0.400. The van der Waals surface area contributed by atoms with E-state index in [4.69, 9.17) is 4.74 Å². The van der Waals surface area contributed by atoms with E-state index in [0.717, 1.165) is 0 Å². The Hall–Kier alpha value is -1.93. The van der Waals surface area contributed by atoms with Crippen LogP contribution in [-0.4, -0.2) is 51.8 Å². The van der Waals surface area contributed by atoms with Gasteiger partial charge in [0.25, 0.3) is 0 Å². The third-order valence-corrected chi connectivity index (χ3v) is 4.83. The Kier molecular flexibility index (Phi) is 4.92. The number of methoxy groups -OCH3 is 1. The van der Waals surface area contributed by atoms with Crippen molar-refractivity contribution in [3.05, 3.63) is 47.5 Å². The van der Waals surface area contributed by atoms with Crippen molar-refractivity contribution in [3.63, 3.8) is 0 Å². The Morgan fingerprint density at radius 1 is 1.43 bits per heavy atom. The van der Waals surface area contributed by atoms with Crippen LogP contribution in [0.3, 0.4) is 0 Å². The predicted molar refractivity (Wildman–Crippen MR) is 84.3 cm³/mol. The van der Waals surface area contributed by atoms with Crippen LogP contribution in [0.25, 0.3) is 0 Å². The van der Waals surface area contributed by atoms with Gasteiger partial charge < -0.3 is 9.64 Å². The van der Waals surface area contributed by atoms with Crippen molar-refractivity contribution in [2.24, 2.45) is 0 Å². The minimum absolute atomic E-state index is 0.0701. The van der Waals surface area contributed by atoms with Gasteiger partial charge in [0.1, 0.15) is 16.9 Å². The van der Waals surface area contributed by atoms with E-state index in [2.05, 4.69) is 10.3 Å². The Balaban J connectivity index is 1.73. The number of amides is 1. The van der Waals surface area contributed by atoms with Gasteiger partial charge in [0.05, 0.1) is 25.1 Å². The number of hydrogen-bond acceptors (Lipinski definition) is 5. The summed E-state index contributed by atoms with van der Waals surface area (Å²) in [6, 6.07) is 6.58. The van der Waals surface area contributed by atoms with Gasteiger partial charge in [0.15, 0.2) is 0 Å². The second-order valence-electron chi connectivity index (χ2n) is 5.18. The molecule has 0 aliphatic carbocycles. The van der Waals surface area contributed by atoms with Crippen molar-refractivity contribution in [2.75, 3.05) is 26.0 Å². The van der Waals surface area contributed by atoms with Crippen LogP contribution in [-0.2, 0) is 16.1 Å². The molecule has 0 spiro atoms. The number of ether oxygens (including phenoxy) is 1. The Labute approximate surface area is 137 Å². The van der Waals surface area contributed by atoms with Crippen molar-refractivity contribution in [2.45, 2.75) is 11.9 Å². The standard InChI is InChI=1S/C15H17FN4O2S/c1-22-7-6-20-14(21)10-23-15(20)13-9-19(18-17-13)8-11-4-2-3-5-12(11)16/h2-5,9,15H,6-8,10H2,1H3/t15-/m1/s1. The average molecular weight is 336 g/mol. The third kappa shape index (κ3) is 3.53. The average Bonchev–Trinajstić information content (AvgIpc) is 3.14. The van der Waals surface area contributed by atoms with Gasteiger partial charge in [0, 0.05) is 19.2 Å². The van der Waals surface area contributed by atoms with Crippen LogP contribution in [0.15, 0.2) is 30.5 Å². The summed E-state index contributed by atoms with van der Waals surface area (Å²) < 4.78 is 20.3. The minimum atomic E-state index is -0.267. The minimum Gasteiger partial charge on any atom is -0.383 e. The fourth-order valence-electron chi connectivity index (χ4n) is 2.44. The number of hydrogen-bond donors (Lipinski definition) is 0. The maximum atomic E-state index is 13.7. The lowest BCUT2D eigenvalue weighted by Gasteiger charge is -2.21. The second-order valence-corrected chi connectivity index (χ2v) is 6.24. The van der Waals surface area contributed by atoms with E-state index in [1.54, 1.807) is 41.1 Å². The van der Waals surface area contributed by atoms with Crippen LogP contribution in [0.1, 0.15) is 16.6 Å². The zero-order valence-electron chi connectivity index (χ0n) is 12.7. The molecule has 0 N–H and O–H groups in total. The van der Waals surface area contributed by atoms with Crippen molar-refractivity contribution in [1.82, 2.24) is 19.9 Å². The molecular weight excluding hydrogens is 319 g/mol.